The predicted molar refractivity (Wildman–Crippen MR) is 82.1 cm³/mol. The van der Waals surface area contributed by atoms with Crippen molar-refractivity contribution >= 4 is 0 Å². The van der Waals surface area contributed by atoms with Crippen molar-refractivity contribution < 1.29 is 15.3 Å². The number of nitrogens with one attached hydrogen (secondary N) is 1. The van der Waals surface area contributed by atoms with Gasteiger partial charge in [0.05, 0.1) is 18.2 Å². The summed E-state index contributed by atoms with van der Waals surface area (Å²) in [6.07, 6.45) is 0. The molecule has 4 nitrogen and oxygen atoms in total. The van der Waals surface area contributed by atoms with Gasteiger partial charge in [0.1, 0.15) is 5.75 Å². The van der Waals surface area contributed by atoms with Crippen LogP contribution in [0.2, 0.25) is 0 Å². The summed E-state index contributed by atoms with van der Waals surface area (Å²) in [5.74, 6) is 0.216. The van der Waals surface area contributed by atoms with E-state index in [4.69, 9.17) is 5.11 Å². The Bertz CT molecular complexity index is 552. The van der Waals surface area contributed by atoms with E-state index in [1.54, 1.807) is 19.1 Å². The van der Waals surface area contributed by atoms with Crippen molar-refractivity contribution in [1.29, 1.82) is 0 Å². The SMILES string of the molecule is CC(O)(CO)CNC(c1ccccc1)c1ccc(O)cc1. The molecule has 2 unspecified atom stereocenters. The summed E-state index contributed by atoms with van der Waals surface area (Å²) in [5, 5.41) is 31.8. The van der Waals surface area contributed by atoms with Crippen molar-refractivity contribution in [2.24, 2.45) is 0 Å². The molecule has 0 heterocycles. The third kappa shape index (κ3) is 4.29. The standard InChI is InChI=1S/C17H21NO3/c1-17(21,12-19)11-18-16(13-5-3-2-4-6-13)14-7-9-15(20)10-8-14/h2-10,16,18-21H,11-12H2,1H3. The molecular formula is C17H21NO3. The van der Waals surface area contributed by atoms with Crippen LogP contribution in [0.15, 0.2) is 54.6 Å². The molecule has 0 amide bonds. The van der Waals surface area contributed by atoms with Crippen molar-refractivity contribution in [2.45, 2.75) is 18.6 Å². The molecule has 0 fully saturated rings. The molecule has 0 saturated carbocycles. The largest absolute Gasteiger partial charge is 0.508 e. The summed E-state index contributed by atoms with van der Waals surface area (Å²) >= 11 is 0. The molecule has 4 heteroatoms. The summed E-state index contributed by atoms with van der Waals surface area (Å²) in [6, 6.07) is 16.7. The van der Waals surface area contributed by atoms with Gasteiger partial charge in [0.15, 0.2) is 0 Å². The van der Waals surface area contributed by atoms with E-state index in [1.807, 2.05) is 42.5 Å². The van der Waals surface area contributed by atoms with E-state index < -0.39 is 5.60 Å². The Labute approximate surface area is 124 Å². The molecular weight excluding hydrogens is 266 g/mol. The molecule has 0 saturated heterocycles. The third-order valence-electron chi connectivity index (χ3n) is 3.39. The fourth-order valence-electron chi connectivity index (χ4n) is 2.12. The lowest BCUT2D eigenvalue weighted by atomic mass is 9.97. The van der Waals surface area contributed by atoms with Crippen molar-refractivity contribution in [3.63, 3.8) is 0 Å². The first kappa shape index (κ1) is 15.5. The number of hydrogen-bond donors (Lipinski definition) is 4. The van der Waals surface area contributed by atoms with E-state index in [-0.39, 0.29) is 24.9 Å². The summed E-state index contributed by atoms with van der Waals surface area (Å²) in [6.45, 7) is 1.53. The average molecular weight is 287 g/mol. The second-order valence-electron chi connectivity index (χ2n) is 5.47. The second kappa shape index (κ2) is 6.72. The van der Waals surface area contributed by atoms with E-state index in [9.17, 15) is 10.2 Å². The zero-order valence-corrected chi connectivity index (χ0v) is 12.0. The maximum Gasteiger partial charge on any atom is 0.115 e. The third-order valence-corrected chi connectivity index (χ3v) is 3.39. The molecule has 0 aliphatic heterocycles. The zero-order chi connectivity index (χ0) is 15.3. The number of aliphatic hydroxyl groups excluding tert-OH is 1. The lowest BCUT2D eigenvalue weighted by molar-refractivity contribution is 0.00149. The fraction of sp³-hybridized carbons (Fsp3) is 0.294. The Hall–Kier alpha value is -1.88. The first-order valence-corrected chi connectivity index (χ1v) is 6.92. The van der Waals surface area contributed by atoms with Gasteiger partial charge in [-0.25, -0.2) is 0 Å². The number of phenolic OH excluding ortho intramolecular Hbond substituents is 1. The van der Waals surface area contributed by atoms with Gasteiger partial charge in [-0.3, -0.25) is 0 Å². The molecule has 0 bridgehead atoms. The van der Waals surface area contributed by atoms with Crippen LogP contribution in [-0.4, -0.2) is 34.1 Å². The Kier molecular flexibility index (Phi) is 4.96. The molecule has 2 atom stereocenters. The first-order chi connectivity index (χ1) is 10.0. The minimum atomic E-state index is -1.18. The zero-order valence-electron chi connectivity index (χ0n) is 12.0. The maximum absolute atomic E-state index is 9.96. The number of aliphatic hydroxyl groups is 2. The van der Waals surface area contributed by atoms with Crippen molar-refractivity contribution in [1.82, 2.24) is 5.32 Å². The lowest BCUT2D eigenvalue weighted by Gasteiger charge is -2.26. The summed E-state index contributed by atoms with van der Waals surface area (Å²) in [4.78, 5) is 0. The molecule has 0 aliphatic carbocycles. The molecule has 0 aliphatic rings. The number of aromatic hydroxyl groups is 1. The van der Waals surface area contributed by atoms with E-state index in [0.717, 1.165) is 11.1 Å². The quantitative estimate of drug-likeness (QED) is 0.654. The lowest BCUT2D eigenvalue weighted by Crippen LogP contribution is -2.42. The highest BCUT2D eigenvalue weighted by atomic mass is 16.3. The average Bonchev–Trinajstić information content (AvgIpc) is 2.50. The van der Waals surface area contributed by atoms with Crippen molar-refractivity contribution in [3.05, 3.63) is 65.7 Å². The Balaban J connectivity index is 2.25. The molecule has 21 heavy (non-hydrogen) atoms. The Morgan fingerprint density at radius 2 is 1.57 bits per heavy atom. The maximum atomic E-state index is 9.96. The molecule has 2 aromatic rings. The van der Waals surface area contributed by atoms with Crippen molar-refractivity contribution in [2.75, 3.05) is 13.2 Å². The number of rotatable bonds is 6. The van der Waals surface area contributed by atoms with Gasteiger partial charge in [0.25, 0.3) is 0 Å². The van der Waals surface area contributed by atoms with Crippen LogP contribution in [-0.2, 0) is 0 Å². The van der Waals surface area contributed by atoms with Crippen LogP contribution in [0.1, 0.15) is 24.1 Å². The highest BCUT2D eigenvalue weighted by Gasteiger charge is 2.22. The van der Waals surface area contributed by atoms with Crippen LogP contribution >= 0.6 is 0 Å². The summed E-state index contributed by atoms with van der Waals surface area (Å²) in [7, 11) is 0. The van der Waals surface area contributed by atoms with Gasteiger partial charge in [0, 0.05) is 6.54 Å². The van der Waals surface area contributed by atoms with Gasteiger partial charge < -0.3 is 20.6 Å². The van der Waals surface area contributed by atoms with Crippen LogP contribution in [0.25, 0.3) is 0 Å². The topological polar surface area (TPSA) is 72.7 Å². The smallest absolute Gasteiger partial charge is 0.115 e. The minimum absolute atomic E-state index is 0.121. The van der Waals surface area contributed by atoms with Crippen LogP contribution < -0.4 is 5.32 Å². The number of hydrogen-bond acceptors (Lipinski definition) is 4. The van der Waals surface area contributed by atoms with E-state index >= 15 is 0 Å². The van der Waals surface area contributed by atoms with Gasteiger partial charge >= 0.3 is 0 Å². The van der Waals surface area contributed by atoms with Crippen molar-refractivity contribution in [3.8, 4) is 5.75 Å². The van der Waals surface area contributed by atoms with Crippen LogP contribution in [0, 0.1) is 0 Å². The number of benzene rings is 2. The molecule has 0 spiro atoms. The summed E-state index contributed by atoms with van der Waals surface area (Å²) in [5.41, 5.74) is 0.855. The molecule has 2 aromatic carbocycles. The van der Waals surface area contributed by atoms with Gasteiger partial charge in [-0.15, -0.1) is 0 Å². The molecule has 112 valence electrons. The predicted octanol–water partition coefficient (Wildman–Crippen LogP) is 1.81. The van der Waals surface area contributed by atoms with E-state index in [0.29, 0.717) is 0 Å². The minimum Gasteiger partial charge on any atom is -0.508 e. The van der Waals surface area contributed by atoms with Crippen LogP contribution in [0.4, 0.5) is 0 Å². The molecule has 0 radical (unpaired) electrons. The van der Waals surface area contributed by atoms with Gasteiger partial charge in [-0.05, 0) is 30.2 Å². The molecule has 0 aromatic heterocycles. The second-order valence-corrected chi connectivity index (χ2v) is 5.47. The van der Waals surface area contributed by atoms with E-state index in [1.165, 1.54) is 0 Å². The Morgan fingerprint density at radius 1 is 1.00 bits per heavy atom. The van der Waals surface area contributed by atoms with Gasteiger partial charge in [-0.1, -0.05) is 42.5 Å². The molecule has 2 rings (SSSR count). The Morgan fingerprint density at radius 3 is 2.14 bits per heavy atom. The monoisotopic (exact) mass is 287 g/mol. The fourth-order valence-corrected chi connectivity index (χ4v) is 2.12. The summed E-state index contributed by atoms with van der Waals surface area (Å²) < 4.78 is 0. The van der Waals surface area contributed by atoms with Crippen LogP contribution in [0.5, 0.6) is 5.75 Å². The number of phenols is 1. The highest BCUT2D eigenvalue weighted by Crippen LogP contribution is 2.24. The normalized spacial score (nSPS) is 15.4. The van der Waals surface area contributed by atoms with E-state index in [2.05, 4.69) is 5.32 Å². The molecule has 4 N–H and O–H groups in total. The highest BCUT2D eigenvalue weighted by molar-refractivity contribution is 5.35. The van der Waals surface area contributed by atoms with Crippen LogP contribution in [0.3, 0.4) is 0 Å². The van der Waals surface area contributed by atoms with Gasteiger partial charge in [0.2, 0.25) is 0 Å². The van der Waals surface area contributed by atoms with Gasteiger partial charge in [-0.2, -0.15) is 0 Å². The first-order valence-electron chi connectivity index (χ1n) is 6.92.